The molecule has 2 aromatic rings. The molecular weight excluding hydrogens is 465 g/mol. The predicted molar refractivity (Wildman–Crippen MR) is 116 cm³/mol. The minimum absolute atomic E-state index is 0.0588. The average Bonchev–Trinajstić information content (AvgIpc) is 2.69. The Morgan fingerprint density at radius 1 is 1.10 bits per heavy atom. The number of hydrogen-bond donors (Lipinski definition) is 1. The van der Waals surface area contributed by atoms with Crippen LogP contribution in [-0.2, 0) is 19.7 Å². The van der Waals surface area contributed by atoms with Crippen molar-refractivity contribution in [1.29, 1.82) is 0 Å². The van der Waals surface area contributed by atoms with E-state index >= 15 is 4.39 Å². The van der Waals surface area contributed by atoms with E-state index in [9.17, 15) is 21.6 Å². The van der Waals surface area contributed by atoms with Crippen molar-refractivity contribution in [2.75, 3.05) is 6.26 Å². The van der Waals surface area contributed by atoms with Gasteiger partial charge in [0.05, 0.1) is 15.4 Å². The van der Waals surface area contributed by atoms with Crippen molar-refractivity contribution in [3.63, 3.8) is 0 Å². The average molecular weight is 488 g/mol. The van der Waals surface area contributed by atoms with E-state index in [2.05, 4.69) is 5.32 Å². The fourth-order valence-corrected chi connectivity index (χ4v) is 6.64. The lowest BCUT2D eigenvalue weighted by Crippen LogP contribution is -2.45. The molecular formula is C21H23ClFNO5S2. The fraction of sp³-hybridized carbons (Fsp3) is 0.381. The molecule has 1 amide bonds. The molecule has 2 aromatic carbocycles. The van der Waals surface area contributed by atoms with Crippen molar-refractivity contribution in [2.45, 2.75) is 53.4 Å². The molecule has 0 heterocycles. The SMILES string of the molecule is Cc1cccc(S(=O)(=O)C2(F)CCC(NC(=O)c3ccc(Cl)cc3S(C)(=O)=O)CC2)c1. The van der Waals surface area contributed by atoms with Crippen LogP contribution >= 0.6 is 11.6 Å². The molecule has 0 atom stereocenters. The first kappa shape index (κ1) is 23.7. The zero-order valence-electron chi connectivity index (χ0n) is 17.1. The molecule has 0 radical (unpaired) electrons. The molecule has 10 heteroatoms. The van der Waals surface area contributed by atoms with Gasteiger partial charge in [0.1, 0.15) is 0 Å². The van der Waals surface area contributed by atoms with Gasteiger partial charge in [-0.25, -0.2) is 21.2 Å². The Morgan fingerprint density at radius 2 is 1.74 bits per heavy atom. The number of rotatable bonds is 5. The second-order valence-corrected chi connectivity index (χ2v) is 12.5. The number of sulfone groups is 2. The molecule has 0 spiro atoms. The van der Waals surface area contributed by atoms with Crippen LogP contribution in [0, 0.1) is 6.92 Å². The maximum Gasteiger partial charge on any atom is 0.252 e. The van der Waals surface area contributed by atoms with Crippen LogP contribution < -0.4 is 5.32 Å². The van der Waals surface area contributed by atoms with Crippen molar-refractivity contribution < 1.29 is 26.0 Å². The van der Waals surface area contributed by atoms with Gasteiger partial charge in [-0.05, 0) is 68.5 Å². The first-order chi connectivity index (χ1) is 14.3. The molecule has 3 rings (SSSR count). The molecule has 1 N–H and O–H groups in total. The van der Waals surface area contributed by atoms with E-state index < -0.39 is 36.6 Å². The van der Waals surface area contributed by atoms with Gasteiger partial charge < -0.3 is 5.32 Å². The highest BCUT2D eigenvalue weighted by Gasteiger charge is 2.48. The molecule has 1 aliphatic rings. The fourth-order valence-electron chi connectivity index (χ4n) is 3.71. The summed E-state index contributed by atoms with van der Waals surface area (Å²) in [6.45, 7) is 1.73. The summed E-state index contributed by atoms with van der Waals surface area (Å²) in [6, 6.07) is 9.58. The summed E-state index contributed by atoms with van der Waals surface area (Å²) in [6.07, 6.45) is 0.648. The van der Waals surface area contributed by atoms with E-state index in [0.717, 1.165) is 11.8 Å². The maximum absolute atomic E-state index is 15.5. The number of nitrogens with one attached hydrogen (secondary N) is 1. The van der Waals surface area contributed by atoms with Gasteiger partial charge in [-0.3, -0.25) is 4.79 Å². The molecule has 0 bridgehead atoms. The van der Waals surface area contributed by atoms with E-state index in [0.29, 0.717) is 0 Å². The second kappa shape index (κ2) is 8.52. The van der Waals surface area contributed by atoms with E-state index in [1.54, 1.807) is 19.1 Å². The third kappa shape index (κ3) is 4.94. The Balaban J connectivity index is 1.74. The van der Waals surface area contributed by atoms with Gasteiger partial charge in [-0.15, -0.1) is 0 Å². The molecule has 1 saturated carbocycles. The van der Waals surface area contributed by atoms with E-state index in [1.165, 1.54) is 30.3 Å². The largest absolute Gasteiger partial charge is 0.349 e. The summed E-state index contributed by atoms with van der Waals surface area (Å²) in [5.41, 5.74) is 0.659. The van der Waals surface area contributed by atoms with Crippen LogP contribution in [0.25, 0.3) is 0 Å². The van der Waals surface area contributed by atoms with Gasteiger partial charge in [0, 0.05) is 17.3 Å². The highest BCUT2D eigenvalue weighted by atomic mass is 35.5. The standard InChI is InChI=1S/C21H23ClFNO5S2/c1-14-4-3-5-17(12-14)31(28,29)21(23)10-8-16(9-11-21)24-20(25)18-7-6-15(22)13-19(18)30(2,26)27/h3-7,12-13,16H,8-11H2,1-2H3,(H,24,25). The van der Waals surface area contributed by atoms with Crippen LogP contribution in [0.2, 0.25) is 5.02 Å². The normalized spacial score (nSPS) is 22.1. The summed E-state index contributed by atoms with van der Waals surface area (Å²) in [4.78, 5) is 12.4. The van der Waals surface area contributed by atoms with Gasteiger partial charge >= 0.3 is 0 Å². The lowest BCUT2D eigenvalue weighted by molar-refractivity contribution is 0.0902. The zero-order valence-corrected chi connectivity index (χ0v) is 19.4. The molecule has 168 valence electrons. The first-order valence-electron chi connectivity index (χ1n) is 9.64. The van der Waals surface area contributed by atoms with Gasteiger partial charge in [0.25, 0.3) is 5.91 Å². The van der Waals surface area contributed by atoms with E-state index in [4.69, 9.17) is 11.6 Å². The molecule has 6 nitrogen and oxygen atoms in total. The predicted octanol–water partition coefficient (Wildman–Crippen LogP) is 3.86. The minimum Gasteiger partial charge on any atom is -0.349 e. The second-order valence-electron chi connectivity index (χ2n) is 7.86. The molecule has 0 unspecified atom stereocenters. The van der Waals surface area contributed by atoms with Crippen molar-refractivity contribution in [2.24, 2.45) is 0 Å². The van der Waals surface area contributed by atoms with Gasteiger partial charge in [0.2, 0.25) is 14.8 Å². The summed E-state index contributed by atoms with van der Waals surface area (Å²) in [7, 11) is -7.89. The Hall–Kier alpha value is -1.97. The quantitative estimate of drug-likeness (QED) is 0.690. The Bertz CT molecular complexity index is 1220. The van der Waals surface area contributed by atoms with E-state index in [1.807, 2.05) is 0 Å². The van der Waals surface area contributed by atoms with Crippen LogP contribution in [0.3, 0.4) is 0 Å². The van der Waals surface area contributed by atoms with Crippen LogP contribution in [-0.4, -0.2) is 40.0 Å². The number of hydrogen-bond acceptors (Lipinski definition) is 5. The molecule has 1 aliphatic carbocycles. The lowest BCUT2D eigenvalue weighted by Gasteiger charge is -2.34. The summed E-state index contributed by atoms with van der Waals surface area (Å²) < 4.78 is 65.2. The Morgan fingerprint density at radius 3 is 2.32 bits per heavy atom. The lowest BCUT2D eigenvalue weighted by atomic mass is 9.93. The smallest absolute Gasteiger partial charge is 0.252 e. The number of carbonyl (C=O) groups is 1. The van der Waals surface area contributed by atoms with Gasteiger partial charge in [0.15, 0.2) is 9.84 Å². The van der Waals surface area contributed by atoms with E-state index in [-0.39, 0.29) is 46.1 Å². The summed E-state index contributed by atoms with van der Waals surface area (Å²) in [5.74, 6) is -0.630. The topological polar surface area (TPSA) is 97.4 Å². The molecule has 31 heavy (non-hydrogen) atoms. The monoisotopic (exact) mass is 487 g/mol. The third-order valence-electron chi connectivity index (χ3n) is 5.44. The number of alkyl halides is 1. The molecule has 0 saturated heterocycles. The van der Waals surface area contributed by atoms with Gasteiger partial charge in [-0.2, -0.15) is 0 Å². The number of carbonyl (C=O) groups excluding carboxylic acids is 1. The number of aryl methyl sites for hydroxylation is 1. The zero-order chi connectivity index (χ0) is 23.0. The van der Waals surface area contributed by atoms with Crippen molar-refractivity contribution in [1.82, 2.24) is 5.32 Å². The molecule has 0 aliphatic heterocycles. The summed E-state index contributed by atoms with van der Waals surface area (Å²) >= 11 is 5.86. The third-order valence-corrected chi connectivity index (χ3v) is 9.05. The van der Waals surface area contributed by atoms with Crippen LogP contribution in [0.4, 0.5) is 4.39 Å². The molecule has 0 aromatic heterocycles. The van der Waals surface area contributed by atoms with Crippen LogP contribution in [0.5, 0.6) is 0 Å². The molecule has 1 fully saturated rings. The Kier molecular flexibility index (Phi) is 6.51. The van der Waals surface area contributed by atoms with Crippen LogP contribution in [0.1, 0.15) is 41.6 Å². The summed E-state index contributed by atoms with van der Waals surface area (Å²) in [5, 5.41) is 0.460. The Labute approximate surface area is 186 Å². The van der Waals surface area contributed by atoms with Crippen molar-refractivity contribution in [3.05, 3.63) is 58.6 Å². The first-order valence-corrected chi connectivity index (χ1v) is 13.4. The highest BCUT2D eigenvalue weighted by molar-refractivity contribution is 7.92. The highest BCUT2D eigenvalue weighted by Crippen LogP contribution is 2.40. The van der Waals surface area contributed by atoms with Crippen molar-refractivity contribution in [3.8, 4) is 0 Å². The minimum atomic E-state index is -4.19. The number of benzene rings is 2. The maximum atomic E-state index is 15.5. The number of amides is 1. The van der Waals surface area contributed by atoms with Crippen LogP contribution in [0.15, 0.2) is 52.3 Å². The number of halogens is 2. The van der Waals surface area contributed by atoms with Gasteiger partial charge in [-0.1, -0.05) is 23.7 Å². The van der Waals surface area contributed by atoms with Crippen molar-refractivity contribution >= 4 is 37.2 Å².